The Kier molecular flexibility index (Phi) is 1.23. The molecule has 3 unspecified atom stereocenters. The van der Waals surface area contributed by atoms with Crippen molar-refractivity contribution in [1.29, 1.82) is 0 Å². The summed E-state index contributed by atoms with van der Waals surface area (Å²) in [6.45, 7) is -1.07. The van der Waals surface area contributed by atoms with Crippen LogP contribution in [0.4, 0.5) is 0 Å². The standard InChI is InChI=1S/C8H12O5/c9-3-7-2-8(10)6(7)5(1-12-7)11-4-13-8/h5-6,9-10H,1-4H2/t5-,6?,7-,8?/m1/s1/i1T/t1?,5-,6?,7-,8?. The Bertz CT molecular complexity index is 274. The van der Waals surface area contributed by atoms with Gasteiger partial charge in [0.15, 0.2) is 12.6 Å². The Labute approximate surface area is 76.6 Å². The topological polar surface area (TPSA) is 68.2 Å². The second-order valence-electron chi connectivity index (χ2n) is 3.87. The molecule has 2 N–H and O–H groups in total. The van der Waals surface area contributed by atoms with E-state index in [1.54, 1.807) is 0 Å². The third-order valence-electron chi connectivity index (χ3n) is 3.21. The van der Waals surface area contributed by atoms with Gasteiger partial charge in [0.2, 0.25) is 0 Å². The van der Waals surface area contributed by atoms with Crippen LogP contribution in [0.1, 0.15) is 7.79 Å². The lowest BCUT2D eigenvalue weighted by Crippen LogP contribution is -2.71. The number of hydrogen-bond donors (Lipinski definition) is 2. The fraction of sp³-hybridized carbons (Fsp3) is 1.00. The Balaban J connectivity index is 1.96. The molecule has 0 radical (unpaired) electrons. The van der Waals surface area contributed by atoms with Gasteiger partial charge in [0.25, 0.3) is 0 Å². The van der Waals surface area contributed by atoms with Crippen LogP contribution in [0.5, 0.6) is 0 Å². The lowest BCUT2D eigenvalue weighted by molar-refractivity contribution is -0.403. The van der Waals surface area contributed by atoms with Crippen LogP contribution < -0.4 is 0 Å². The highest BCUT2D eigenvalue weighted by atomic mass is 16.8. The van der Waals surface area contributed by atoms with E-state index in [0.29, 0.717) is 0 Å². The summed E-state index contributed by atoms with van der Waals surface area (Å²) in [4.78, 5) is 0. The third kappa shape index (κ3) is 0.793. The molecule has 3 aliphatic rings. The number of rotatable bonds is 1. The quantitative estimate of drug-likeness (QED) is 0.545. The van der Waals surface area contributed by atoms with Crippen molar-refractivity contribution >= 4 is 0 Å². The molecular weight excluding hydrogens is 176 g/mol. The second-order valence-corrected chi connectivity index (χ2v) is 3.87. The van der Waals surface area contributed by atoms with Crippen LogP contribution in [0.15, 0.2) is 0 Å². The molecule has 2 heterocycles. The van der Waals surface area contributed by atoms with E-state index >= 15 is 0 Å². The van der Waals surface area contributed by atoms with Gasteiger partial charge in [-0.05, 0) is 0 Å². The van der Waals surface area contributed by atoms with Gasteiger partial charge in [0, 0.05) is 6.42 Å². The number of aliphatic hydroxyl groups is 2. The minimum atomic E-state index is -1.26. The maximum atomic E-state index is 9.95. The van der Waals surface area contributed by atoms with Crippen molar-refractivity contribution in [1.82, 2.24) is 0 Å². The van der Waals surface area contributed by atoms with Gasteiger partial charge in [-0.2, -0.15) is 0 Å². The van der Waals surface area contributed by atoms with Crippen molar-refractivity contribution in [3.63, 3.8) is 0 Å². The van der Waals surface area contributed by atoms with Gasteiger partial charge in [-0.3, -0.25) is 0 Å². The van der Waals surface area contributed by atoms with Crippen LogP contribution in [0, 0.1) is 5.92 Å². The van der Waals surface area contributed by atoms with Crippen molar-refractivity contribution in [2.24, 2.45) is 5.92 Å². The summed E-state index contributed by atoms with van der Waals surface area (Å²) < 4.78 is 23.2. The predicted octanol–water partition coefficient (Wildman–Crippen LogP) is -1.17. The first kappa shape index (κ1) is 7.14. The summed E-state index contributed by atoms with van der Waals surface area (Å²) in [7, 11) is 0. The number of ether oxygens (including phenoxy) is 3. The zero-order valence-electron chi connectivity index (χ0n) is 7.97. The molecule has 5 atom stereocenters. The fourth-order valence-electron chi connectivity index (χ4n) is 2.56. The van der Waals surface area contributed by atoms with Crippen molar-refractivity contribution in [3.05, 3.63) is 0 Å². The molecule has 0 aromatic heterocycles. The van der Waals surface area contributed by atoms with Crippen molar-refractivity contribution in [2.45, 2.75) is 23.9 Å². The van der Waals surface area contributed by atoms with Gasteiger partial charge in [-0.25, -0.2) is 0 Å². The highest BCUT2D eigenvalue weighted by molar-refractivity contribution is 5.16. The molecule has 13 heavy (non-hydrogen) atoms. The highest BCUT2D eigenvalue weighted by Crippen LogP contribution is 2.57. The van der Waals surface area contributed by atoms with Gasteiger partial charge in [0.1, 0.15) is 5.60 Å². The van der Waals surface area contributed by atoms with Crippen molar-refractivity contribution < 1.29 is 25.8 Å². The molecule has 0 spiro atoms. The fourth-order valence-corrected chi connectivity index (χ4v) is 2.56. The van der Waals surface area contributed by atoms with Crippen molar-refractivity contribution in [2.75, 3.05) is 20.0 Å². The summed E-state index contributed by atoms with van der Waals surface area (Å²) in [6, 6.07) is 0. The van der Waals surface area contributed by atoms with E-state index in [-0.39, 0.29) is 19.8 Å². The van der Waals surface area contributed by atoms with E-state index in [2.05, 4.69) is 0 Å². The molecule has 1 aliphatic carbocycles. The number of hydrogen-bond acceptors (Lipinski definition) is 5. The van der Waals surface area contributed by atoms with Gasteiger partial charge >= 0.3 is 0 Å². The normalized spacial score (nSPS) is 65.4. The zero-order valence-corrected chi connectivity index (χ0v) is 6.97. The molecule has 3 rings (SSSR count). The Morgan fingerprint density at radius 3 is 3.15 bits per heavy atom. The zero-order chi connectivity index (χ0) is 9.97. The van der Waals surface area contributed by atoms with Crippen LogP contribution >= 0.6 is 0 Å². The van der Waals surface area contributed by atoms with Gasteiger partial charge in [0.05, 0.1) is 26.6 Å². The first-order chi connectivity index (χ1) is 6.61. The molecule has 0 amide bonds. The Morgan fingerprint density at radius 1 is 1.54 bits per heavy atom. The second kappa shape index (κ2) is 2.24. The molecule has 0 aromatic carbocycles. The lowest BCUT2D eigenvalue weighted by atomic mass is 9.63. The summed E-state index contributed by atoms with van der Waals surface area (Å²) in [6.07, 6.45) is -0.272. The monoisotopic (exact) mass is 190 g/mol. The summed E-state index contributed by atoms with van der Waals surface area (Å²) in [5.74, 6) is -1.70. The van der Waals surface area contributed by atoms with Crippen LogP contribution in [0.2, 0.25) is 0 Å². The van der Waals surface area contributed by atoms with E-state index in [9.17, 15) is 10.2 Å². The average Bonchev–Trinajstić information content (AvgIpc) is 2.39. The maximum Gasteiger partial charge on any atom is 0.179 e. The minimum Gasteiger partial charge on any atom is -0.393 e. The van der Waals surface area contributed by atoms with Crippen LogP contribution in [-0.4, -0.2) is 47.7 Å². The van der Waals surface area contributed by atoms with Crippen LogP contribution in [0.25, 0.3) is 0 Å². The maximum absolute atomic E-state index is 9.95. The van der Waals surface area contributed by atoms with Gasteiger partial charge in [-0.15, -0.1) is 0 Å². The summed E-state index contributed by atoms with van der Waals surface area (Å²) >= 11 is 0. The Hall–Kier alpha value is -0.200. The van der Waals surface area contributed by atoms with Crippen molar-refractivity contribution in [3.8, 4) is 0 Å². The van der Waals surface area contributed by atoms with Gasteiger partial charge in [-0.1, -0.05) is 0 Å². The molecule has 1 saturated carbocycles. The van der Waals surface area contributed by atoms with Crippen LogP contribution in [0.3, 0.4) is 0 Å². The summed E-state index contributed by atoms with van der Waals surface area (Å²) in [5.41, 5.74) is -0.827. The number of aliphatic hydroxyl groups excluding tert-OH is 1. The first-order valence-corrected chi connectivity index (χ1v) is 4.30. The predicted molar refractivity (Wildman–Crippen MR) is 39.7 cm³/mol. The summed E-state index contributed by atoms with van der Waals surface area (Å²) in [5, 5.41) is 19.2. The molecule has 2 aliphatic heterocycles. The van der Waals surface area contributed by atoms with Crippen LogP contribution in [-0.2, 0) is 14.2 Å². The lowest BCUT2D eigenvalue weighted by Gasteiger charge is -2.56. The molecule has 74 valence electrons. The Morgan fingerprint density at radius 2 is 2.38 bits per heavy atom. The van der Waals surface area contributed by atoms with Gasteiger partial charge < -0.3 is 24.4 Å². The van der Waals surface area contributed by atoms with E-state index in [4.69, 9.17) is 15.6 Å². The molecule has 0 bridgehead atoms. The minimum absolute atomic E-state index is 0.0160. The van der Waals surface area contributed by atoms with E-state index in [1.165, 1.54) is 0 Å². The SMILES string of the molecule is [3H]C1O[C@@]2(CO)CC3(O)OCO[C@H]1C32. The molecule has 2 saturated heterocycles. The van der Waals surface area contributed by atoms with E-state index in [1.807, 2.05) is 0 Å². The molecule has 5 nitrogen and oxygen atoms in total. The highest BCUT2D eigenvalue weighted by Gasteiger charge is 2.72. The smallest absolute Gasteiger partial charge is 0.179 e. The molecular formula is C8H12O5. The molecule has 5 heteroatoms. The third-order valence-corrected chi connectivity index (χ3v) is 3.21. The van der Waals surface area contributed by atoms with E-state index in [0.717, 1.165) is 0 Å². The molecule has 3 fully saturated rings. The average molecular weight is 190 g/mol. The first-order valence-electron chi connectivity index (χ1n) is 4.88. The molecule has 0 aromatic rings. The van der Waals surface area contributed by atoms with E-state index < -0.39 is 30.0 Å². The largest absolute Gasteiger partial charge is 0.393 e.